The van der Waals surface area contributed by atoms with E-state index in [1.54, 1.807) is 0 Å². The molecular weight excluding hydrogens is 615 g/mol. The molecule has 3 heteroatoms. The molecule has 2 aromatic heterocycles. The molecule has 0 amide bonds. The molecule has 2 heterocycles. The Morgan fingerprint density at radius 1 is 0.429 bits per heavy atom. The van der Waals surface area contributed by atoms with Crippen LogP contribution >= 0.6 is 11.3 Å². The molecular formula is C46H29NOS. The quantitative estimate of drug-likeness (QED) is 0.186. The number of fused-ring (bicyclic) bond motifs is 8. The van der Waals surface area contributed by atoms with Crippen molar-refractivity contribution in [1.82, 2.24) is 0 Å². The molecule has 230 valence electrons. The fourth-order valence-corrected chi connectivity index (χ4v) is 8.56. The standard InChI is InChI=1S/C46H29NOS/c1-2-12-30(13-3-1)32-15-8-17-34(28-32)47(40-22-11-25-43-45(40)38-20-6-7-24-42(38)49-43)35-18-9-16-33(29-35)36-21-10-23-41-44(36)39-27-26-31-14-4-5-19-37(31)46(39)48-41/h1-29H. The number of anilines is 3. The SMILES string of the molecule is c1ccc(-c2cccc(N(c3cccc(-c4cccc5oc6c7ccccc7ccc6c45)c3)c3cccc4sc5ccccc5c34)c2)cc1. The summed E-state index contributed by atoms with van der Waals surface area (Å²) in [5, 5.41) is 7.15. The molecule has 0 aliphatic rings. The van der Waals surface area contributed by atoms with Crippen molar-refractivity contribution in [3.63, 3.8) is 0 Å². The fraction of sp³-hybridized carbons (Fsp3) is 0. The van der Waals surface area contributed by atoms with Crippen LogP contribution in [0.5, 0.6) is 0 Å². The molecule has 0 aliphatic carbocycles. The van der Waals surface area contributed by atoms with Crippen LogP contribution in [0.3, 0.4) is 0 Å². The molecule has 2 nitrogen and oxygen atoms in total. The van der Waals surface area contributed by atoms with E-state index >= 15 is 0 Å². The predicted octanol–water partition coefficient (Wildman–Crippen LogP) is 13.9. The highest BCUT2D eigenvalue weighted by Crippen LogP contribution is 2.47. The molecule has 0 bridgehead atoms. The average Bonchev–Trinajstić information content (AvgIpc) is 3.75. The summed E-state index contributed by atoms with van der Waals surface area (Å²) in [6, 6.07) is 63.2. The van der Waals surface area contributed by atoms with Crippen molar-refractivity contribution in [1.29, 1.82) is 0 Å². The molecule has 0 aliphatic heterocycles. The number of rotatable bonds is 5. The molecule has 10 aromatic rings. The lowest BCUT2D eigenvalue weighted by molar-refractivity contribution is 0.673. The lowest BCUT2D eigenvalue weighted by Gasteiger charge is -2.27. The summed E-state index contributed by atoms with van der Waals surface area (Å²) >= 11 is 1.85. The maximum absolute atomic E-state index is 6.57. The third-order valence-corrected chi connectivity index (χ3v) is 10.8. The Hall–Kier alpha value is -6.16. The van der Waals surface area contributed by atoms with E-state index in [1.165, 1.54) is 36.7 Å². The molecule has 0 N–H and O–H groups in total. The summed E-state index contributed by atoms with van der Waals surface area (Å²) in [4.78, 5) is 2.43. The first-order chi connectivity index (χ1) is 24.3. The second-order valence-electron chi connectivity index (χ2n) is 12.5. The highest BCUT2D eigenvalue weighted by atomic mass is 32.1. The number of hydrogen-bond donors (Lipinski definition) is 0. The van der Waals surface area contributed by atoms with Crippen LogP contribution in [0.4, 0.5) is 17.1 Å². The van der Waals surface area contributed by atoms with Gasteiger partial charge in [-0.1, -0.05) is 121 Å². The summed E-state index contributed by atoms with van der Waals surface area (Å²) in [7, 11) is 0. The highest BCUT2D eigenvalue weighted by Gasteiger charge is 2.20. The Morgan fingerprint density at radius 2 is 1.10 bits per heavy atom. The van der Waals surface area contributed by atoms with E-state index in [1.807, 2.05) is 11.3 Å². The summed E-state index contributed by atoms with van der Waals surface area (Å²) < 4.78 is 9.14. The first-order valence-electron chi connectivity index (χ1n) is 16.6. The number of nitrogens with zero attached hydrogens (tertiary/aromatic N) is 1. The number of furan rings is 1. The van der Waals surface area contributed by atoms with Gasteiger partial charge in [-0.25, -0.2) is 0 Å². The topological polar surface area (TPSA) is 16.4 Å². The second kappa shape index (κ2) is 11.2. The van der Waals surface area contributed by atoms with E-state index in [0.29, 0.717) is 0 Å². The van der Waals surface area contributed by atoms with Crippen LogP contribution in [-0.2, 0) is 0 Å². The molecule has 8 aromatic carbocycles. The van der Waals surface area contributed by atoms with Crippen molar-refractivity contribution in [2.75, 3.05) is 4.90 Å². The van der Waals surface area contributed by atoms with Gasteiger partial charge in [-0.3, -0.25) is 0 Å². The van der Waals surface area contributed by atoms with Crippen molar-refractivity contribution < 1.29 is 4.42 Å². The van der Waals surface area contributed by atoms with Crippen LogP contribution in [-0.4, -0.2) is 0 Å². The van der Waals surface area contributed by atoms with Gasteiger partial charge in [0.05, 0.1) is 5.69 Å². The van der Waals surface area contributed by atoms with Gasteiger partial charge in [0, 0.05) is 47.7 Å². The number of benzene rings is 8. The first-order valence-corrected chi connectivity index (χ1v) is 17.4. The van der Waals surface area contributed by atoms with E-state index in [-0.39, 0.29) is 0 Å². The van der Waals surface area contributed by atoms with Gasteiger partial charge >= 0.3 is 0 Å². The van der Waals surface area contributed by atoms with E-state index < -0.39 is 0 Å². The van der Waals surface area contributed by atoms with E-state index in [0.717, 1.165) is 55.5 Å². The Balaban J connectivity index is 1.21. The second-order valence-corrected chi connectivity index (χ2v) is 13.6. The molecule has 0 unspecified atom stereocenters. The molecule has 0 radical (unpaired) electrons. The zero-order valence-corrected chi connectivity index (χ0v) is 27.3. The first kappa shape index (κ1) is 27.9. The van der Waals surface area contributed by atoms with Crippen LogP contribution in [0.2, 0.25) is 0 Å². The highest BCUT2D eigenvalue weighted by molar-refractivity contribution is 7.26. The molecule has 0 spiro atoms. The van der Waals surface area contributed by atoms with Crippen LogP contribution in [0.25, 0.3) is 75.1 Å². The van der Waals surface area contributed by atoms with Crippen molar-refractivity contribution in [3.05, 3.63) is 176 Å². The van der Waals surface area contributed by atoms with Gasteiger partial charge in [0.25, 0.3) is 0 Å². The number of hydrogen-bond acceptors (Lipinski definition) is 3. The maximum atomic E-state index is 6.57. The Bertz CT molecular complexity index is 2840. The Morgan fingerprint density at radius 3 is 1.98 bits per heavy atom. The third-order valence-electron chi connectivity index (χ3n) is 9.64. The van der Waals surface area contributed by atoms with Gasteiger partial charge in [0.1, 0.15) is 11.2 Å². The Kier molecular flexibility index (Phi) is 6.39. The van der Waals surface area contributed by atoms with Crippen LogP contribution in [0.1, 0.15) is 0 Å². The largest absolute Gasteiger partial charge is 0.455 e. The van der Waals surface area contributed by atoms with E-state index in [4.69, 9.17) is 4.42 Å². The lowest BCUT2D eigenvalue weighted by Crippen LogP contribution is -2.10. The minimum atomic E-state index is 0.899. The molecule has 49 heavy (non-hydrogen) atoms. The zero-order valence-electron chi connectivity index (χ0n) is 26.5. The smallest absolute Gasteiger partial charge is 0.143 e. The van der Waals surface area contributed by atoms with Crippen molar-refractivity contribution in [3.8, 4) is 22.3 Å². The summed E-state index contributed by atoms with van der Waals surface area (Å²) in [6.07, 6.45) is 0. The van der Waals surface area contributed by atoms with Gasteiger partial charge in [-0.05, 0) is 82.2 Å². The van der Waals surface area contributed by atoms with E-state index in [9.17, 15) is 0 Å². The summed E-state index contributed by atoms with van der Waals surface area (Å²) in [5.41, 5.74) is 9.89. The maximum Gasteiger partial charge on any atom is 0.143 e. The molecule has 0 saturated carbocycles. The summed E-state index contributed by atoms with van der Waals surface area (Å²) in [5.74, 6) is 0. The minimum Gasteiger partial charge on any atom is -0.455 e. The van der Waals surface area contributed by atoms with Gasteiger partial charge in [0.2, 0.25) is 0 Å². The third kappa shape index (κ3) is 4.55. The van der Waals surface area contributed by atoms with E-state index in [2.05, 4.69) is 181 Å². The van der Waals surface area contributed by atoms with Crippen LogP contribution < -0.4 is 4.90 Å². The molecule has 0 fully saturated rings. The minimum absolute atomic E-state index is 0.899. The normalized spacial score (nSPS) is 11.7. The predicted molar refractivity (Wildman–Crippen MR) is 210 cm³/mol. The summed E-state index contributed by atoms with van der Waals surface area (Å²) in [6.45, 7) is 0. The van der Waals surface area contributed by atoms with Crippen LogP contribution in [0, 0.1) is 0 Å². The van der Waals surface area contributed by atoms with Gasteiger partial charge < -0.3 is 9.32 Å². The van der Waals surface area contributed by atoms with Crippen molar-refractivity contribution >= 4 is 81.3 Å². The van der Waals surface area contributed by atoms with Crippen molar-refractivity contribution in [2.45, 2.75) is 0 Å². The molecule has 0 saturated heterocycles. The van der Waals surface area contributed by atoms with Crippen LogP contribution in [0.15, 0.2) is 180 Å². The monoisotopic (exact) mass is 643 g/mol. The zero-order chi connectivity index (χ0) is 32.3. The van der Waals surface area contributed by atoms with Gasteiger partial charge in [-0.2, -0.15) is 0 Å². The Labute approximate surface area is 287 Å². The number of thiophene rings is 1. The molecule has 10 rings (SSSR count). The van der Waals surface area contributed by atoms with Crippen molar-refractivity contribution in [2.24, 2.45) is 0 Å². The molecule has 0 atom stereocenters. The van der Waals surface area contributed by atoms with Gasteiger partial charge in [-0.15, -0.1) is 11.3 Å². The fourth-order valence-electron chi connectivity index (χ4n) is 7.43. The average molecular weight is 644 g/mol. The lowest BCUT2D eigenvalue weighted by atomic mass is 9.97. The van der Waals surface area contributed by atoms with Gasteiger partial charge in [0.15, 0.2) is 0 Å².